The molecule has 0 unspecified atom stereocenters. The van der Waals surface area contributed by atoms with E-state index in [1.165, 1.54) is 0 Å². The summed E-state index contributed by atoms with van der Waals surface area (Å²) in [6.07, 6.45) is 1.78. The fourth-order valence-electron chi connectivity index (χ4n) is 1.96. The lowest BCUT2D eigenvalue weighted by Gasteiger charge is -2.23. The van der Waals surface area contributed by atoms with Gasteiger partial charge in [-0.1, -0.05) is 25.5 Å². The van der Waals surface area contributed by atoms with Crippen LogP contribution in [0.2, 0.25) is 0 Å². The van der Waals surface area contributed by atoms with E-state index in [1.54, 1.807) is 7.11 Å². The van der Waals surface area contributed by atoms with Gasteiger partial charge >= 0.3 is 0 Å². The minimum atomic E-state index is -0.640. The van der Waals surface area contributed by atoms with Crippen molar-refractivity contribution in [3.8, 4) is 11.5 Å². The van der Waals surface area contributed by atoms with E-state index in [9.17, 15) is 5.11 Å². The van der Waals surface area contributed by atoms with Gasteiger partial charge in [0, 0.05) is 13.1 Å². The Labute approximate surface area is 115 Å². The van der Waals surface area contributed by atoms with Crippen LogP contribution in [-0.2, 0) is 0 Å². The van der Waals surface area contributed by atoms with Crippen molar-refractivity contribution < 1.29 is 14.6 Å². The highest BCUT2D eigenvalue weighted by Crippen LogP contribution is 2.25. The quantitative estimate of drug-likeness (QED) is 0.674. The third kappa shape index (κ3) is 5.94. The van der Waals surface area contributed by atoms with Crippen molar-refractivity contribution in [3.63, 3.8) is 0 Å². The largest absolute Gasteiger partial charge is 0.493 e. The lowest BCUT2D eigenvalue weighted by molar-refractivity contribution is 0.0494. The van der Waals surface area contributed by atoms with Gasteiger partial charge in [-0.25, -0.2) is 0 Å². The zero-order valence-corrected chi connectivity index (χ0v) is 12.1. The maximum Gasteiger partial charge on any atom is 0.161 e. The number of benzene rings is 1. The molecule has 0 saturated heterocycles. The van der Waals surface area contributed by atoms with E-state index in [-0.39, 0.29) is 0 Å². The topological polar surface area (TPSA) is 50.7 Å². The summed E-state index contributed by atoms with van der Waals surface area (Å²) < 4.78 is 10.8. The van der Waals surface area contributed by atoms with E-state index in [4.69, 9.17) is 9.47 Å². The number of aliphatic hydroxyl groups is 1. The summed E-state index contributed by atoms with van der Waals surface area (Å²) in [6, 6.07) is 7.57. The van der Waals surface area contributed by atoms with Gasteiger partial charge < -0.3 is 19.9 Å². The molecule has 4 nitrogen and oxygen atoms in total. The highest BCUT2D eigenvalue weighted by atomic mass is 16.5. The molecule has 0 amide bonds. The van der Waals surface area contributed by atoms with E-state index in [2.05, 4.69) is 12.2 Å². The van der Waals surface area contributed by atoms with Crippen molar-refractivity contribution in [2.45, 2.75) is 32.3 Å². The Kier molecular flexibility index (Phi) is 6.67. The SMILES string of the molecule is CCC[C@](C)(O)CNCCOc1ccccc1OC. The second-order valence-electron chi connectivity index (χ2n) is 4.92. The number of hydrogen-bond acceptors (Lipinski definition) is 4. The van der Waals surface area contributed by atoms with Crippen LogP contribution in [0.15, 0.2) is 24.3 Å². The summed E-state index contributed by atoms with van der Waals surface area (Å²) in [4.78, 5) is 0. The first-order chi connectivity index (χ1) is 9.09. The van der Waals surface area contributed by atoms with Crippen molar-refractivity contribution in [1.29, 1.82) is 0 Å². The molecule has 1 aromatic carbocycles. The molecule has 0 aromatic heterocycles. The second kappa shape index (κ2) is 8.02. The zero-order valence-electron chi connectivity index (χ0n) is 12.1. The Morgan fingerprint density at radius 1 is 1.26 bits per heavy atom. The van der Waals surface area contributed by atoms with Gasteiger partial charge in [0.15, 0.2) is 11.5 Å². The molecule has 4 heteroatoms. The Morgan fingerprint density at radius 3 is 2.58 bits per heavy atom. The van der Waals surface area contributed by atoms with Crippen LogP contribution in [-0.4, -0.2) is 37.5 Å². The van der Waals surface area contributed by atoms with Crippen LogP contribution in [0.5, 0.6) is 11.5 Å². The summed E-state index contributed by atoms with van der Waals surface area (Å²) in [5.41, 5.74) is -0.640. The molecule has 19 heavy (non-hydrogen) atoms. The smallest absolute Gasteiger partial charge is 0.161 e. The molecule has 0 saturated carbocycles. The average Bonchev–Trinajstić information content (AvgIpc) is 2.38. The number of nitrogens with one attached hydrogen (secondary N) is 1. The van der Waals surface area contributed by atoms with E-state index in [1.807, 2.05) is 31.2 Å². The van der Waals surface area contributed by atoms with Crippen molar-refractivity contribution >= 4 is 0 Å². The van der Waals surface area contributed by atoms with Crippen molar-refractivity contribution in [2.24, 2.45) is 0 Å². The minimum Gasteiger partial charge on any atom is -0.493 e. The summed E-state index contributed by atoms with van der Waals surface area (Å²) in [5, 5.41) is 13.2. The second-order valence-corrected chi connectivity index (χ2v) is 4.92. The van der Waals surface area contributed by atoms with E-state index in [0.29, 0.717) is 19.7 Å². The molecule has 1 aromatic rings. The van der Waals surface area contributed by atoms with Gasteiger partial charge in [0.1, 0.15) is 6.61 Å². The molecular formula is C15H25NO3. The Hall–Kier alpha value is -1.26. The Morgan fingerprint density at radius 2 is 1.95 bits per heavy atom. The number of methoxy groups -OCH3 is 1. The number of para-hydroxylation sites is 2. The van der Waals surface area contributed by atoms with Crippen molar-refractivity contribution in [2.75, 3.05) is 26.8 Å². The predicted molar refractivity (Wildman–Crippen MR) is 76.9 cm³/mol. The molecule has 1 atom stereocenters. The van der Waals surface area contributed by atoms with Crippen LogP contribution >= 0.6 is 0 Å². The molecule has 108 valence electrons. The van der Waals surface area contributed by atoms with E-state index in [0.717, 1.165) is 24.3 Å². The minimum absolute atomic E-state index is 0.544. The van der Waals surface area contributed by atoms with Gasteiger partial charge in [0.05, 0.1) is 12.7 Å². The highest BCUT2D eigenvalue weighted by molar-refractivity contribution is 5.39. The summed E-state index contributed by atoms with van der Waals surface area (Å²) in [7, 11) is 1.63. The molecule has 0 aliphatic carbocycles. The first kappa shape index (κ1) is 15.8. The molecule has 0 spiro atoms. The van der Waals surface area contributed by atoms with Crippen LogP contribution in [0.25, 0.3) is 0 Å². The summed E-state index contributed by atoms with van der Waals surface area (Å²) >= 11 is 0. The van der Waals surface area contributed by atoms with E-state index >= 15 is 0 Å². The van der Waals surface area contributed by atoms with Crippen molar-refractivity contribution in [1.82, 2.24) is 5.32 Å². The highest BCUT2D eigenvalue weighted by Gasteiger charge is 2.17. The number of rotatable bonds is 9. The van der Waals surface area contributed by atoms with E-state index < -0.39 is 5.60 Å². The summed E-state index contributed by atoms with van der Waals surface area (Å²) in [5.74, 6) is 1.48. The molecule has 0 bridgehead atoms. The standard InChI is InChI=1S/C15H25NO3/c1-4-9-15(2,17)12-16-10-11-19-14-8-6-5-7-13(14)18-3/h5-8,16-17H,4,9-12H2,1-3H3/t15-/m0/s1. The molecule has 0 fully saturated rings. The van der Waals surface area contributed by atoms with Gasteiger partial charge in [0.25, 0.3) is 0 Å². The third-order valence-corrected chi connectivity index (χ3v) is 2.90. The number of ether oxygens (including phenoxy) is 2. The maximum atomic E-state index is 9.99. The van der Waals surface area contributed by atoms with Gasteiger partial charge in [-0.05, 0) is 25.5 Å². The first-order valence-corrected chi connectivity index (χ1v) is 6.78. The summed E-state index contributed by atoms with van der Waals surface area (Å²) in [6.45, 7) is 5.74. The molecule has 0 aliphatic rings. The Bertz CT molecular complexity index is 366. The number of hydrogen-bond donors (Lipinski definition) is 2. The predicted octanol–water partition coefficient (Wildman–Crippen LogP) is 2.21. The molecular weight excluding hydrogens is 242 g/mol. The molecule has 0 heterocycles. The molecule has 2 N–H and O–H groups in total. The lowest BCUT2D eigenvalue weighted by Crippen LogP contribution is -2.39. The van der Waals surface area contributed by atoms with Crippen LogP contribution in [0.3, 0.4) is 0 Å². The zero-order chi connectivity index (χ0) is 14.1. The van der Waals surface area contributed by atoms with Gasteiger partial charge in [0.2, 0.25) is 0 Å². The van der Waals surface area contributed by atoms with Crippen LogP contribution in [0, 0.1) is 0 Å². The Balaban J connectivity index is 2.24. The average molecular weight is 267 g/mol. The van der Waals surface area contributed by atoms with Gasteiger partial charge in [-0.15, -0.1) is 0 Å². The van der Waals surface area contributed by atoms with Crippen LogP contribution < -0.4 is 14.8 Å². The monoisotopic (exact) mass is 267 g/mol. The molecule has 0 radical (unpaired) electrons. The van der Waals surface area contributed by atoms with Gasteiger partial charge in [-0.3, -0.25) is 0 Å². The lowest BCUT2D eigenvalue weighted by atomic mass is 10.0. The maximum absolute atomic E-state index is 9.99. The molecule has 1 rings (SSSR count). The fraction of sp³-hybridized carbons (Fsp3) is 0.600. The third-order valence-electron chi connectivity index (χ3n) is 2.90. The molecule has 0 aliphatic heterocycles. The normalized spacial score (nSPS) is 13.9. The van der Waals surface area contributed by atoms with Crippen LogP contribution in [0.4, 0.5) is 0 Å². The van der Waals surface area contributed by atoms with Crippen molar-refractivity contribution in [3.05, 3.63) is 24.3 Å². The first-order valence-electron chi connectivity index (χ1n) is 6.78. The van der Waals surface area contributed by atoms with Gasteiger partial charge in [-0.2, -0.15) is 0 Å². The fourth-order valence-corrected chi connectivity index (χ4v) is 1.96. The van der Waals surface area contributed by atoms with Crippen LogP contribution in [0.1, 0.15) is 26.7 Å².